The molecule has 0 saturated heterocycles. The Kier molecular flexibility index (Phi) is 2.41. The van der Waals surface area contributed by atoms with Gasteiger partial charge in [-0.1, -0.05) is 30.0 Å². The molecule has 0 aliphatic heterocycles. The molecule has 2 rings (SSSR count). The van der Waals surface area contributed by atoms with Gasteiger partial charge in [0.1, 0.15) is 0 Å². The fourth-order valence-corrected chi connectivity index (χ4v) is 1.93. The maximum Gasteiger partial charge on any atom is 0.165 e. The lowest BCUT2D eigenvalue weighted by molar-refractivity contribution is 0.473. The van der Waals surface area contributed by atoms with Crippen molar-refractivity contribution >= 4 is 11.8 Å². The highest BCUT2D eigenvalue weighted by molar-refractivity contribution is 7.99. The van der Waals surface area contributed by atoms with Crippen LogP contribution < -0.4 is 0 Å². The van der Waals surface area contributed by atoms with Crippen molar-refractivity contribution in [2.24, 2.45) is 0 Å². The summed E-state index contributed by atoms with van der Waals surface area (Å²) in [5.41, 5.74) is 1.17. The van der Waals surface area contributed by atoms with Crippen molar-refractivity contribution in [2.75, 3.05) is 0 Å². The Morgan fingerprint density at radius 1 is 1.15 bits per heavy atom. The lowest BCUT2D eigenvalue weighted by Crippen LogP contribution is -1.67. The standard InChI is InChI=1S/C11H10OS/c1-9-7-11(12-8-9)13-10-5-3-2-4-6-10/h2-8H,1H3. The Morgan fingerprint density at radius 2 is 1.92 bits per heavy atom. The molecule has 13 heavy (non-hydrogen) atoms. The van der Waals surface area contributed by atoms with Crippen LogP contribution >= 0.6 is 11.8 Å². The number of benzene rings is 1. The first-order valence-electron chi connectivity index (χ1n) is 4.12. The lowest BCUT2D eigenvalue weighted by Gasteiger charge is -1.94. The summed E-state index contributed by atoms with van der Waals surface area (Å²) in [5.74, 6) is 0. The van der Waals surface area contributed by atoms with Crippen LogP contribution in [-0.2, 0) is 0 Å². The molecule has 0 N–H and O–H groups in total. The fourth-order valence-electron chi connectivity index (χ4n) is 1.06. The van der Waals surface area contributed by atoms with Gasteiger partial charge < -0.3 is 4.42 Å². The van der Waals surface area contributed by atoms with Gasteiger partial charge in [-0.2, -0.15) is 0 Å². The first-order valence-corrected chi connectivity index (χ1v) is 4.94. The SMILES string of the molecule is Cc1coc(Sc2ccccc2)c1. The van der Waals surface area contributed by atoms with Gasteiger partial charge >= 0.3 is 0 Å². The molecule has 0 fully saturated rings. The van der Waals surface area contributed by atoms with Crippen LogP contribution in [0.25, 0.3) is 0 Å². The Balaban J connectivity index is 2.15. The van der Waals surface area contributed by atoms with Crippen LogP contribution in [0, 0.1) is 6.92 Å². The van der Waals surface area contributed by atoms with E-state index in [0.29, 0.717) is 0 Å². The second-order valence-corrected chi connectivity index (χ2v) is 3.94. The zero-order chi connectivity index (χ0) is 9.10. The minimum atomic E-state index is 0.948. The van der Waals surface area contributed by atoms with E-state index in [2.05, 4.69) is 12.1 Å². The van der Waals surface area contributed by atoms with E-state index < -0.39 is 0 Å². The Bertz CT molecular complexity index is 378. The molecule has 0 aliphatic rings. The van der Waals surface area contributed by atoms with Crippen LogP contribution in [0.4, 0.5) is 0 Å². The molecule has 66 valence electrons. The Labute approximate surface area is 81.8 Å². The molecule has 0 amide bonds. The van der Waals surface area contributed by atoms with Gasteiger partial charge in [0.05, 0.1) is 6.26 Å². The predicted molar refractivity (Wildman–Crippen MR) is 54.0 cm³/mol. The summed E-state index contributed by atoms with van der Waals surface area (Å²) in [7, 11) is 0. The highest BCUT2D eigenvalue weighted by atomic mass is 32.2. The lowest BCUT2D eigenvalue weighted by atomic mass is 10.4. The van der Waals surface area contributed by atoms with Gasteiger partial charge in [0.25, 0.3) is 0 Å². The molecule has 0 radical (unpaired) electrons. The van der Waals surface area contributed by atoms with Crippen LogP contribution in [0.1, 0.15) is 5.56 Å². The van der Waals surface area contributed by atoms with E-state index >= 15 is 0 Å². The van der Waals surface area contributed by atoms with E-state index in [-0.39, 0.29) is 0 Å². The van der Waals surface area contributed by atoms with Crippen molar-refractivity contribution in [3.8, 4) is 0 Å². The summed E-state index contributed by atoms with van der Waals surface area (Å²) in [6.07, 6.45) is 1.77. The molecule has 1 aromatic carbocycles. The van der Waals surface area contributed by atoms with Crippen LogP contribution in [0.3, 0.4) is 0 Å². The van der Waals surface area contributed by atoms with Gasteiger partial charge in [0, 0.05) is 4.90 Å². The first kappa shape index (κ1) is 8.45. The number of hydrogen-bond acceptors (Lipinski definition) is 2. The molecular weight excluding hydrogens is 180 g/mol. The highest BCUT2D eigenvalue weighted by Crippen LogP contribution is 2.28. The van der Waals surface area contributed by atoms with Crippen LogP contribution in [-0.4, -0.2) is 0 Å². The van der Waals surface area contributed by atoms with E-state index in [0.717, 1.165) is 5.09 Å². The highest BCUT2D eigenvalue weighted by Gasteiger charge is 1.99. The molecular formula is C11H10OS. The summed E-state index contributed by atoms with van der Waals surface area (Å²) in [4.78, 5) is 1.21. The van der Waals surface area contributed by atoms with E-state index in [1.165, 1.54) is 10.5 Å². The minimum Gasteiger partial charge on any atom is -0.458 e. The molecule has 1 nitrogen and oxygen atoms in total. The topological polar surface area (TPSA) is 13.1 Å². The van der Waals surface area contributed by atoms with E-state index in [9.17, 15) is 0 Å². The summed E-state index contributed by atoms with van der Waals surface area (Å²) < 4.78 is 5.33. The summed E-state index contributed by atoms with van der Waals surface area (Å²) in [6.45, 7) is 2.03. The number of rotatable bonds is 2. The average Bonchev–Trinajstić information content (AvgIpc) is 2.53. The Morgan fingerprint density at radius 3 is 2.54 bits per heavy atom. The quantitative estimate of drug-likeness (QED) is 0.715. The molecule has 1 aromatic heterocycles. The Hall–Kier alpha value is -1.15. The van der Waals surface area contributed by atoms with Gasteiger partial charge in [0.2, 0.25) is 0 Å². The first-order chi connectivity index (χ1) is 6.34. The maximum atomic E-state index is 5.33. The third kappa shape index (κ3) is 2.16. The second-order valence-electron chi connectivity index (χ2n) is 2.86. The van der Waals surface area contributed by atoms with Crippen LogP contribution in [0.2, 0.25) is 0 Å². The molecule has 0 bridgehead atoms. The molecule has 0 spiro atoms. The monoisotopic (exact) mass is 190 g/mol. The van der Waals surface area contributed by atoms with Crippen molar-refractivity contribution in [1.82, 2.24) is 0 Å². The largest absolute Gasteiger partial charge is 0.458 e. The van der Waals surface area contributed by atoms with E-state index in [1.807, 2.05) is 31.2 Å². The van der Waals surface area contributed by atoms with Gasteiger partial charge in [0.15, 0.2) is 5.09 Å². The van der Waals surface area contributed by atoms with Gasteiger partial charge in [-0.15, -0.1) is 0 Å². The maximum absolute atomic E-state index is 5.33. The third-order valence-electron chi connectivity index (χ3n) is 1.67. The van der Waals surface area contributed by atoms with E-state index in [4.69, 9.17) is 4.42 Å². The molecule has 1 heterocycles. The third-order valence-corrected chi connectivity index (χ3v) is 2.59. The van der Waals surface area contributed by atoms with Crippen molar-refractivity contribution in [3.63, 3.8) is 0 Å². The van der Waals surface area contributed by atoms with Gasteiger partial charge in [-0.25, -0.2) is 0 Å². The summed E-state index contributed by atoms with van der Waals surface area (Å²) in [6, 6.07) is 12.2. The normalized spacial score (nSPS) is 10.2. The van der Waals surface area contributed by atoms with E-state index in [1.54, 1.807) is 18.0 Å². The molecule has 2 aromatic rings. The number of hydrogen-bond donors (Lipinski definition) is 0. The smallest absolute Gasteiger partial charge is 0.165 e. The van der Waals surface area contributed by atoms with Crippen LogP contribution in [0.15, 0.2) is 57.1 Å². The van der Waals surface area contributed by atoms with Crippen LogP contribution in [0.5, 0.6) is 0 Å². The van der Waals surface area contributed by atoms with Crippen molar-refractivity contribution in [3.05, 3.63) is 48.2 Å². The molecule has 0 aliphatic carbocycles. The fraction of sp³-hybridized carbons (Fsp3) is 0.0909. The molecule has 0 atom stereocenters. The zero-order valence-corrected chi connectivity index (χ0v) is 8.17. The van der Waals surface area contributed by atoms with Crippen molar-refractivity contribution in [2.45, 2.75) is 16.9 Å². The average molecular weight is 190 g/mol. The summed E-state index contributed by atoms with van der Waals surface area (Å²) >= 11 is 1.64. The summed E-state index contributed by atoms with van der Waals surface area (Å²) in [5, 5.41) is 0.948. The van der Waals surface area contributed by atoms with Crippen molar-refractivity contribution < 1.29 is 4.42 Å². The number of furan rings is 1. The zero-order valence-electron chi connectivity index (χ0n) is 7.36. The molecule has 0 unspecified atom stereocenters. The minimum absolute atomic E-state index is 0.948. The second kappa shape index (κ2) is 3.71. The molecule has 2 heteroatoms. The van der Waals surface area contributed by atoms with Crippen molar-refractivity contribution in [1.29, 1.82) is 0 Å². The predicted octanol–water partition coefficient (Wildman–Crippen LogP) is 3.74. The molecule has 0 saturated carbocycles. The van der Waals surface area contributed by atoms with Gasteiger partial charge in [-0.05, 0) is 30.7 Å². The number of aryl methyl sites for hydroxylation is 1. The van der Waals surface area contributed by atoms with Gasteiger partial charge in [-0.3, -0.25) is 0 Å².